The maximum absolute atomic E-state index is 12.3. The summed E-state index contributed by atoms with van der Waals surface area (Å²) in [5, 5.41) is 4.19. The fraction of sp³-hybridized carbons (Fsp3) is 0.500. The van der Waals surface area contributed by atoms with Gasteiger partial charge in [-0.25, -0.2) is 0 Å². The molecular weight excluding hydrogens is 283 g/mol. The van der Waals surface area contributed by atoms with Crippen molar-refractivity contribution in [3.8, 4) is 0 Å². The van der Waals surface area contributed by atoms with Gasteiger partial charge in [0.15, 0.2) is 0 Å². The molecule has 1 aliphatic rings. The largest absolute Gasteiger partial charge is 0.371 e. The van der Waals surface area contributed by atoms with Crippen LogP contribution in [0.4, 0.5) is 5.69 Å². The Bertz CT molecular complexity index is 439. The van der Waals surface area contributed by atoms with E-state index in [0.29, 0.717) is 15.7 Å². The summed E-state index contributed by atoms with van der Waals surface area (Å²) in [7, 11) is 0. The van der Waals surface area contributed by atoms with Crippen LogP contribution in [0, 0.1) is 0 Å². The molecule has 0 bridgehead atoms. The van der Waals surface area contributed by atoms with E-state index in [1.54, 1.807) is 18.2 Å². The van der Waals surface area contributed by atoms with Gasteiger partial charge in [-0.05, 0) is 38.3 Å². The molecule has 104 valence electrons. The minimum absolute atomic E-state index is 0.107. The van der Waals surface area contributed by atoms with Gasteiger partial charge in [-0.15, -0.1) is 0 Å². The molecule has 1 unspecified atom stereocenters. The summed E-state index contributed by atoms with van der Waals surface area (Å²) in [6.07, 6.45) is 3.39. The third kappa shape index (κ3) is 3.54. The Morgan fingerprint density at radius 1 is 1.21 bits per heavy atom. The highest BCUT2D eigenvalue weighted by Gasteiger charge is 2.23. The summed E-state index contributed by atoms with van der Waals surface area (Å²) in [6, 6.07) is 4.98. The molecule has 1 atom stereocenters. The van der Waals surface area contributed by atoms with Crippen molar-refractivity contribution >= 4 is 34.8 Å². The number of likely N-dealkylation sites (tertiary alicyclic amines) is 1. The molecule has 0 aliphatic carbocycles. The summed E-state index contributed by atoms with van der Waals surface area (Å²) in [5.41, 5.74) is 0.628. The predicted octanol–water partition coefficient (Wildman–Crippen LogP) is 3.81. The Morgan fingerprint density at radius 3 is 2.37 bits per heavy atom. The minimum Gasteiger partial charge on any atom is -0.371 e. The molecule has 0 aromatic heterocycles. The molecule has 5 heteroatoms. The highest BCUT2D eigenvalue weighted by atomic mass is 35.5. The number of nitrogens with one attached hydrogen (secondary N) is 1. The molecule has 1 heterocycles. The standard InChI is InChI=1S/C14H18Cl2N2O/c1-10(14(19)18-8-3-2-4-9-18)17-13-11(15)6-5-7-12(13)16/h5-7,10,17H,2-4,8-9H2,1H3. The van der Waals surface area contributed by atoms with Crippen molar-refractivity contribution < 1.29 is 4.79 Å². The zero-order valence-corrected chi connectivity index (χ0v) is 12.5. The van der Waals surface area contributed by atoms with Crippen molar-refractivity contribution in [2.24, 2.45) is 0 Å². The molecule has 0 spiro atoms. The second-order valence-corrected chi connectivity index (χ2v) is 5.66. The van der Waals surface area contributed by atoms with Crippen LogP contribution in [0.25, 0.3) is 0 Å². The number of piperidine rings is 1. The van der Waals surface area contributed by atoms with Gasteiger partial charge >= 0.3 is 0 Å². The SMILES string of the molecule is CC(Nc1c(Cl)cccc1Cl)C(=O)N1CCCCC1. The van der Waals surface area contributed by atoms with E-state index >= 15 is 0 Å². The first-order valence-electron chi connectivity index (χ1n) is 6.59. The number of para-hydroxylation sites is 1. The molecular formula is C14H18Cl2N2O. The molecule has 19 heavy (non-hydrogen) atoms. The van der Waals surface area contributed by atoms with Gasteiger partial charge in [0.05, 0.1) is 15.7 Å². The first-order valence-corrected chi connectivity index (χ1v) is 7.34. The fourth-order valence-electron chi connectivity index (χ4n) is 2.30. The van der Waals surface area contributed by atoms with E-state index < -0.39 is 0 Å². The second-order valence-electron chi connectivity index (χ2n) is 4.85. The average Bonchev–Trinajstić information content (AvgIpc) is 2.43. The Morgan fingerprint density at radius 2 is 1.79 bits per heavy atom. The monoisotopic (exact) mass is 300 g/mol. The minimum atomic E-state index is -0.324. The van der Waals surface area contributed by atoms with Crippen LogP contribution in [0.15, 0.2) is 18.2 Å². The van der Waals surface area contributed by atoms with E-state index in [9.17, 15) is 4.79 Å². The van der Waals surface area contributed by atoms with Gasteiger partial charge in [0.1, 0.15) is 6.04 Å². The number of hydrogen-bond acceptors (Lipinski definition) is 2. The zero-order valence-electron chi connectivity index (χ0n) is 11.0. The normalized spacial score (nSPS) is 17.1. The third-order valence-corrected chi connectivity index (χ3v) is 3.99. The van der Waals surface area contributed by atoms with Crippen LogP contribution in [-0.2, 0) is 4.79 Å². The van der Waals surface area contributed by atoms with Gasteiger partial charge in [0, 0.05) is 13.1 Å². The van der Waals surface area contributed by atoms with Crippen LogP contribution in [0.3, 0.4) is 0 Å². The van der Waals surface area contributed by atoms with Gasteiger partial charge in [0.2, 0.25) is 5.91 Å². The Labute approximate surface area is 123 Å². The van der Waals surface area contributed by atoms with Crippen molar-refractivity contribution in [3.05, 3.63) is 28.2 Å². The quantitative estimate of drug-likeness (QED) is 0.921. The van der Waals surface area contributed by atoms with Crippen LogP contribution in [-0.4, -0.2) is 29.9 Å². The van der Waals surface area contributed by atoms with Crippen molar-refractivity contribution in [2.75, 3.05) is 18.4 Å². The van der Waals surface area contributed by atoms with E-state index in [1.807, 2.05) is 11.8 Å². The molecule has 3 nitrogen and oxygen atoms in total. The molecule has 1 aromatic carbocycles. The molecule has 1 amide bonds. The lowest BCUT2D eigenvalue weighted by molar-refractivity contribution is -0.132. The highest BCUT2D eigenvalue weighted by Crippen LogP contribution is 2.30. The van der Waals surface area contributed by atoms with Crippen LogP contribution in [0.1, 0.15) is 26.2 Å². The van der Waals surface area contributed by atoms with E-state index in [2.05, 4.69) is 5.32 Å². The molecule has 0 radical (unpaired) electrons. The van der Waals surface area contributed by atoms with Crippen molar-refractivity contribution in [2.45, 2.75) is 32.2 Å². The van der Waals surface area contributed by atoms with E-state index in [1.165, 1.54) is 6.42 Å². The number of anilines is 1. The highest BCUT2D eigenvalue weighted by molar-refractivity contribution is 6.39. The summed E-state index contributed by atoms with van der Waals surface area (Å²) in [4.78, 5) is 14.2. The topological polar surface area (TPSA) is 32.3 Å². The lowest BCUT2D eigenvalue weighted by Crippen LogP contribution is -2.43. The van der Waals surface area contributed by atoms with Crippen LogP contribution in [0.2, 0.25) is 10.0 Å². The van der Waals surface area contributed by atoms with E-state index in [4.69, 9.17) is 23.2 Å². The number of nitrogens with zero attached hydrogens (tertiary/aromatic N) is 1. The maximum atomic E-state index is 12.3. The number of hydrogen-bond donors (Lipinski definition) is 1. The van der Waals surface area contributed by atoms with Gasteiger partial charge in [-0.2, -0.15) is 0 Å². The van der Waals surface area contributed by atoms with Gasteiger partial charge in [-0.3, -0.25) is 4.79 Å². The third-order valence-electron chi connectivity index (χ3n) is 3.36. The van der Waals surface area contributed by atoms with Crippen LogP contribution < -0.4 is 5.32 Å². The zero-order chi connectivity index (χ0) is 13.8. The smallest absolute Gasteiger partial charge is 0.244 e. The Kier molecular flexibility index (Phi) is 4.94. The van der Waals surface area contributed by atoms with Crippen LogP contribution in [0.5, 0.6) is 0 Å². The predicted molar refractivity (Wildman–Crippen MR) is 80.0 cm³/mol. The maximum Gasteiger partial charge on any atom is 0.244 e. The number of carbonyl (C=O) groups is 1. The molecule has 1 N–H and O–H groups in total. The molecule has 1 aromatic rings. The second kappa shape index (κ2) is 6.49. The molecule has 1 aliphatic heterocycles. The van der Waals surface area contributed by atoms with Gasteiger partial charge in [-0.1, -0.05) is 29.3 Å². The summed E-state index contributed by atoms with van der Waals surface area (Å²) in [6.45, 7) is 3.54. The Hall–Kier alpha value is -0.930. The molecule has 2 rings (SSSR count). The Balaban J connectivity index is 2.03. The van der Waals surface area contributed by atoms with Crippen molar-refractivity contribution in [1.29, 1.82) is 0 Å². The summed E-state index contributed by atoms with van der Waals surface area (Å²) >= 11 is 12.2. The number of amides is 1. The first kappa shape index (κ1) is 14.5. The van der Waals surface area contributed by atoms with Crippen molar-refractivity contribution in [3.63, 3.8) is 0 Å². The number of carbonyl (C=O) groups excluding carboxylic acids is 1. The lowest BCUT2D eigenvalue weighted by Gasteiger charge is -2.30. The molecule has 1 fully saturated rings. The van der Waals surface area contributed by atoms with Gasteiger partial charge in [0.25, 0.3) is 0 Å². The van der Waals surface area contributed by atoms with Gasteiger partial charge < -0.3 is 10.2 Å². The number of rotatable bonds is 3. The number of halogens is 2. The average molecular weight is 301 g/mol. The summed E-state index contributed by atoms with van der Waals surface area (Å²) < 4.78 is 0. The van der Waals surface area contributed by atoms with Crippen LogP contribution >= 0.6 is 23.2 Å². The number of benzene rings is 1. The van der Waals surface area contributed by atoms with E-state index in [-0.39, 0.29) is 11.9 Å². The fourth-order valence-corrected chi connectivity index (χ4v) is 2.81. The summed E-state index contributed by atoms with van der Waals surface area (Å²) in [5.74, 6) is 0.107. The molecule has 1 saturated heterocycles. The van der Waals surface area contributed by atoms with Crippen molar-refractivity contribution in [1.82, 2.24) is 4.90 Å². The lowest BCUT2D eigenvalue weighted by atomic mass is 10.1. The first-order chi connectivity index (χ1) is 9.09. The molecule has 0 saturated carbocycles. The van der Waals surface area contributed by atoms with E-state index in [0.717, 1.165) is 25.9 Å².